The summed E-state index contributed by atoms with van der Waals surface area (Å²) in [6, 6.07) is 21.6. The first-order chi connectivity index (χ1) is 15.6. The summed E-state index contributed by atoms with van der Waals surface area (Å²) in [7, 11) is 5.65. The summed E-state index contributed by atoms with van der Waals surface area (Å²) in [5.41, 5.74) is 3.16. The largest absolute Gasteiger partial charge is 0.496 e. The molecule has 0 unspecified atom stereocenters. The minimum Gasteiger partial charge on any atom is -0.496 e. The first-order valence-corrected chi connectivity index (χ1v) is 11.2. The van der Waals surface area contributed by atoms with Crippen molar-refractivity contribution in [3.8, 4) is 22.0 Å². The number of nitrogens with zero attached hydrogens (tertiary/aromatic N) is 3. The quantitative estimate of drug-likeness (QED) is 0.428. The van der Waals surface area contributed by atoms with Crippen LogP contribution in [0.3, 0.4) is 0 Å². The third-order valence-corrected chi connectivity index (χ3v) is 6.19. The molecule has 32 heavy (non-hydrogen) atoms. The van der Waals surface area contributed by atoms with Crippen LogP contribution in [0.4, 0.5) is 0 Å². The Bertz CT molecular complexity index is 1170. The maximum absolute atomic E-state index is 13.3. The van der Waals surface area contributed by atoms with Gasteiger partial charge in [-0.3, -0.25) is 4.79 Å². The van der Waals surface area contributed by atoms with Gasteiger partial charge in [0.25, 0.3) is 5.91 Å². The van der Waals surface area contributed by atoms with Crippen LogP contribution >= 0.6 is 11.3 Å². The van der Waals surface area contributed by atoms with Crippen molar-refractivity contribution in [1.82, 2.24) is 20.0 Å². The van der Waals surface area contributed by atoms with Gasteiger partial charge in [-0.05, 0) is 43.7 Å². The van der Waals surface area contributed by atoms with E-state index in [0.717, 1.165) is 21.9 Å². The van der Waals surface area contributed by atoms with Crippen LogP contribution < -0.4 is 10.1 Å². The summed E-state index contributed by atoms with van der Waals surface area (Å²) in [5.74, 6) is 0.647. The number of hydrogen-bond donors (Lipinski definition) is 1. The van der Waals surface area contributed by atoms with E-state index in [9.17, 15) is 4.79 Å². The van der Waals surface area contributed by atoms with Crippen molar-refractivity contribution in [2.24, 2.45) is 0 Å². The van der Waals surface area contributed by atoms with Crippen LogP contribution in [0.2, 0.25) is 0 Å². The van der Waals surface area contributed by atoms with Gasteiger partial charge < -0.3 is 15.0 Å². The second kappa shape index (κ2) is 9.80. The normalized spacial score (nSPS) is 12.0. The Morgan fingerprint density at radius 2 is 1.84 bits per heavy atom. The molecule has 0 saturated heterocycles. The highest BCUT2D eigenvalue weighted by molar-refractivity contribution is 7.13. The molecule has 2 heterocycles. The second-order valence-corrected chi connectivity index (χ2v) is 8.53. The Morgan fingerprint density at radius 1 is 1.09 bits per heavy atom. The van der Waals surface area contributed by atoms with Crippen molar-refractivity contribution in [3.63, 3.8) is 0 Å². The number of ether oxygens (including phenoxy) is 1. The van der Waals surface area contributed by atoms with Crippen LogP contribution in [0.5, 0.6) is 5.75 Å². The van der Waals surface area contributed by atoms with E-state index in [4.69, 9.17) is 9.84 Å². The number of carbonyl (C=O) groups excluding carboxylic acids is 1. The van der Waals surface area contributed by atoms with Gasteiger partial charge in [0, 0.05) is 18.3 Å². The van der Waals surface area contributed by atoms with Crippen molar-refractivity contribution < 1.29 is 9.53 Å². The highest BCUT2D eigenvalue weighted by atomic mass is 32.1. The van der Waals surface area contributed by atoms with Crippen LogP contribution in [-0.2, 0) is 0 Å². The van der Waals surface area contributed by atoms with Crippen LogP contribution in [-0.4, -0.2) is 48.3 Å². The van der Waals surface area contributed by atoms with E-state index in [-0.39, 0.29) is 11.9 Å². The zero-order chi connectivity index (χ0) is 22.5. The van der Waals surface area contributed by atoms with Crippen LogP contribution in [0, 0.1) is 0 Å². The standard InChI is InChI=1S/C25H26N4O2S/c1-28(2)21(19-12-7-8-13-22(19)31-3)16-26-25(30)20-17-29(18-10-5-4-6-11-18)27-24(20)23-14-9-15-32-23/h4-15,17,21H,16H2,1-3H3,(H,26,30)/t21-/m1/s1. The number of amides is 1. The Hall–Kier alpha value is -3.42. The number of thiophene rings is 1. The van der Waals surface area contributed by atoms with Gasteiger partial charge in [0.2, 0.25) is 0 Å². The summed E-state index contributed by atoms with van der Waals surface area (Å²) in [6.45, 7) is 0.437. The Morgan fingerprint density at radius 3 is 2.53 bits per heavy atom. The summed E-state index contributed by atoms with van der Waals surface area (Å²) < 4.78 is 7.29. The average Bonchev–Trinajstić information content (AvgIpc) is 3.50. The van der Waals surface area contributed by atoms with Gasteiger partial charge in [0.15, 0.2) is 0 Å². The first kappa shape index (κ1) is 21.8. The van der Waals surface area contributed by atoms with E-state index in [1.807, 2.05) is 86.2 Å². The molecule has 4 aromatic rings. The van der Waals surface area contributed by atoms with Gasteiger partial charge in [-0.2, -0.15) is 5.10 Å². The van der Waals surface area contributed by atoms with E-state index >= 15 is 0 Å². The van der Waals surface area contributed by atoms with Gasteiger partial charge in [-0.15, -0.1) is 11.3 Å². The molecule has 164 valence electrons. The van der Waals surface area contributed by atoms with Gasteiger partial charge in [0.05, 0.1) is 29.3 Å². The van der Waals surface area contributed by atoms with Gasteiger partial charge in [-0.1, -0.05) is 42.5 Å². The number of methoxy groups -OCH3 is 1. The van der Waals surface area contributed by atoms with Crippen molar-refractivity contribution in [3.05, 3.63) is 89.4 Å². The van der Waals surface area contributed by atoms with E-state index in [0.29, 0.717) is 17.8 Å². The van der Waals surface area contributed by atoms with Gasteiger partial charge in [-0.25, -0.2) is 4.68 Å². The van der Waals surface area contributed by atoms with Gasteiger partial charge >= 0.3 is 0 Å². The highest BCUT2D eigenvalue weighted by Crippen LogP contribution is 2.29. The molecule has 0 aliphatic heterocycles. The first-order valence-electron chi connectivity index (χ1n) is 10.3. The van der Waals surface area contributed by atoms with Crippen molar-refractivity contribution in [2.45, 2.75) is 6.04 Å². The summed E-state index contributed by atoms with van der Waals surface area (Å²) in [5, 5.41) is 9.83. The lowest BCUT2D eigenvalue weighted by Gasteiger charge is -2.26. The van der Waals surface area contributed by atoms with Crippen molar-refractivity contribution >= 4 is 17.2 Å². The van der Waals surface area contributed by atoms with Crippen molar-refractivity contribution in [2.75, 3.05) is 27.7 Å². The Labute approximate surface area is 192 Å². The number of carbonyl (C=O) groups is 1. The maximum atomic E-state index is 13.3. The molecular weight excluding hydrogens is 420 g/mol. The number of para-hydroxylation sites is 2. The van der Waals surface area contributed by atoms with E-state index in [1.54, 1.807) is 29.3 Å². The SMILES string of the molecule is COc1ccccc1[C@@H](CNC(=O)c1cn(-c2ccccc2)nc1-c1cccs1)N(C)C. The van der Waals surface area contributed by atoms with Gasteiger partial charge in [0.1, 0.15) is 11.4 Å². The molecule has 4 rings (SSSR count). The number of rotatable bonds is 8. The molecule has 0 radical (unpaired) electrons. The predicted octanol–water partition coefficient (Wildman–Crippen LogP) is 4.64. The third kappa shape index (κ3) is 4.59. The minimum atomic E-state index is -0.155. The molecule has 0 bridgehead atoms. The lowest BCUT2D eigenvalue weighted by molar-refractivity contribution is 0.0942. The zero-order valence-corrected chi connectivity index (χ0v) is 19.2. The molecule has 0 fully saturated rings. The lowest BCUT2D eigenvalue weighted by Crippen LogP contribution is -2.34. The molecule has 0 aliphatic carbocycles. The maximum Gasteiger partial charge on any atom is 0.255 e. The zero-order valence-electron chi connectivity index (χ0n) is 18.4. The fourth-order valence-electron chi connectivity index (χ4n) is 3.65. The van der Waals surface area contributed by atoms with Crippen LogP contribution in [0.1, 0.15) is 22.0 Å². The molecule has 0 spiro atoms. The second-order valence-electron chi connectivity index (χ2n) is 7.58. The molecular formula is C25H26N4O2S. The lowest BCUT2D eigenvalue weighted by atomic mass is 10.0. The number of benzene rings is 2. The monoisotopic (exact) mass is 446 g/mol. The third-order valence-electron chi connectivity index (χ3n) is 5.31. The fourth-order valence-corrected chi connectivity index (χ4v) is 4.37. The van der Waals surface area contributed by atoms with Crippen LogP contribution in [0.25, 0.3) is 16.3 Å². The number of nitrogens with one attached hydrogen (secondary N) is 1. The van der Waals surface area contributed by atoms with E-state index < -0.39 is 0 Å². The Balaban J connectivity index is 1.62. The Kier molecular flexibility index (Phi) is 6.68. The molecule has 6 nitrogen and oxygen atoms in total. The molecule has 2 aromatic carbocycles. The van der Waals surface area contributed by atoms with E-state index in [1.165, 1.54) is 0 Å². The number of aromatic nitrogens is 2. The molecule has 1 N–H and O–H groups in total. The van der Waals surface area contributed by atoms with Crippen molar-refractivity contribution in [1.29, 1.82) is 0 Å². The summed E-state index contributed by atoms with van der Waals surface area (Å²) >= 11 is 1.57. The summed E-state index contributed by atoms with van der Waals surface area (Å²) in [6.07, 6.45) is 1.80. The topological polar surface area (TPSA) is 59.4 Å². The molecule has 1 atom stereocenters. The van der Waals surface area contributed by atoms with E-state index in [2.05, 4.69) is 10.2 Å². The molecule has 0 aliphatic rings. The summed E-state index contributed by atoms with van der Waals surface area (Å²) in [4.78, 5) is 16.3. The fraction of sp³-hybridized carbons (Fsp3) is 0.200. The molecule has 2 aromatic heterocycles. The highest BCUT2D eigenvalue weighted by Gasteiger charge is 2.23. The molecule has 7 heteroatoms. The predicted molar refractivity (Wildman–Crippen MR) is 129 cm³/mol. The molecule has 0 saturated carbocycles. The minimum absolute atomic E-state index is 0.0375. The van der Waals surface area contributed by atoms with Crippen LogP contribution in [0.15, 0.2) is 78.3 Å². The number of likely N-dealkylation sites (N-methyl/N-ethyl adjacent to an activating group) is 1. The number of hydrogen-bond acceptors (Lipinski definition) is 5. The average molecular weight is 447 g/mol. The molecule has 1 amide bonds. The smallest absolute Gasteiger partial charge is 0.255 e.